The van der Waals surface area contributed by atoms with E-state index in [0.29, 0.717) is 55.3 Å². The minimum atomic E-state index is -2.98. The van der Waals surface area contributed by atoms with Gasteiger partial charge in [0.1, 0.15) is 21.3 Å². The van der Waals surface area contributed by atoms with E-state index in [1.807, 2.05) is 0 Å². The first kappa shape index (κ1) is 21.8. The van der Waals surface area contributed by atoms with Gasteiger partial charge in [-0.05, 0) is 48.5 Å². The van der Waals surface area contributed by atoms with Crippen molar-refractivity contribution in [1.29, 1.82) is 0 Å². The van der Waals surface area contributed by atoms with Crippen LogP contribution in [0.3, 0.4) is 0 Å². The third kappa shape index (κ3) is 6.04. The molecule has 1 heterocycles. The van der Waals surface area contributed by atoms with Gasteiger partial charge < -0.3 is 15.4 Å². The van der Waals surface area contributed by atoms with Crippen LogP contribution in [0.1, 0.15) is 20.7 Å². The minimum Gasteiger partial charge on any atom is -0.457 e. The molecule has 0 bridgehead atoms. The lowest BCUT2D eigenvalue weighted by Gasteiger charge is -2.34. The molecular formula is C21H25N3O5S. The van der Waals surface area contributed by atoms with E-state index in [1.165, 1.54) is 6.26 Å². The molecule has 1 aliphatic heterocycles. The second kappa shape index (κ2) is 9.27. The molecule has 0 atom stereocenters. The van der Waals surface area contributed by atoms with E-state index in [9.17, 15) is 18.0 Å². The fourth-order valence-corrected chi connectivity index (χ4v) is 3.73. The van der Waals surface area contributed by atoms with Gasteiger partial charge in [0, 0.05) is 50.1 Å². The first-order valence-corrected chi connectivity index (χ1v) is 11.6. The van der Waals surface area contributed by atoms with Crippen LogP contribution in [0.2, 0.25) is 0 Å². The first-order valence-electron chi connectivity index (χ1n) is 9.58. The Balaban J connectivity index is 1.53. The molecule has 9 heteroatoms. The molecule has 1 saturated heterocycles. The number of rotatable bonds is 7. The molecule has 2 aromatic rings. The Morgan fingerprint density at radius 3 is 1.87 bits per heavy atom. The average Bonchev–Trinajstić information content (AvgIpc) is 2.72. The van der Waals surface area contributed by atoms with E-state index in [0.717, 1.165) is 0 Å². The Hall–Kier alpha value is -2.91. The fraction of sp³-hybridized carbons (Fsp3) is 0.333. The highest BCUT2D eigenvalue weighted by Crippen LogP contribution is 2.22. The molecule has 1 fully saturated rings. The van der Waals surface area contributed by atoms with Crippen LogP contribution in [0, 0.1) is 0 Å². The highest BCUT2D eigenvalue weighted by Gasteiger charge is 2.22. The summed E-state index contributed by atoms with van der Waals surface area (Å²) in [6, 6.07) is 13.4. The predicted octanol–water partition coefficient (Wildman–Crippen LogP) is 1.38. The molecule has 0 unspecified atom stereocenters. The van der Waals surface area contributed by atoms with Crippen molar-refractivity contribution in [2.45, 2.75) is 0 Å². The molecule has 1 aliphatic rings. The molecule has 2 aromatic carbocycles. The maximum absolute atomic E-state index is 12.7. The third-order valence-electron chi connectivity index (χ3n) is 4.91. The van der Waals surface area contributed by atoms with Crippen LogP contribution < -0.4 is 10.5 Å². The predicted molar refractivity (Wildman–Crippen MR) is 114 cm³/mol. The summed E-state index contributed by atoms with van der Waals surface area (Å²) in [4.78, 5) is 27.7. The third-order valence-corrected chi connectivity index (χ3v) is 5.84. The Labute approximate surface area is 176 Å². The van der Waals surface area contributed by atoms with Crippen molar-refractivity contribution in [3.63, 3.8) is 0 Å². The van der Waals surface area contributed by atoms with Gasteiger partial charge in [-0.1, -0.05) is 0 Å². The number of carbonyl (C=O) groups excluding carboxylic acids is 2. The van der Waals surface area contributed by atoms with Crippen LogP contribution in [0.4, 0.5) is 0 Å². The summed E-state index contributed by atoms with van der Waals surface area (Å²) >= 11 is 0. The Morgan fingerprint density at radius 2 is 1.40 bits per heavy atom. The monoisotopic (exact) mass is 431 g/mol. The Kier molecular flexibility index (Phi) is 6.73. The van der Waals surface area contributed by atoms with E-state index in [-0.39, 0.29) is 11.7 Å². The van der Waals surface area contributed by atoms with E-state index < -0.39 is 15.7 Å². The summed E-state index contributed by atoms with van der Waals surface area (Å²) in [5.74, 6) is 0.706. The summed E-state index contributed by atoms with van der Waals surface area (Å²) in [6.07, 6.45) is 1.23. The number of benzene rings is 2. The maximum Gasteiger partial charge on any atom is 0.253 e. The molecule has 8 nitrogen and oxygen atoms in total. The number of piperazine rings is 1. The normalized spacial score (nSPS) is 15.0. The largest absolute Gasteiger partial charge is 0.457 e. The smallest absolute Gasteiger partial charge is 0.253 e. The van der Waals surface area contributed by atoms with Gasteiger partial charge >= 0.3 is 0 Å². The number of amides is 2. The van der Waals surface area contributed by atoms with Gasteiger partial charge in [-0.3, -0.25) is 14.5 Å². The minimum absolute atomic E-state index is 0.0601. The van der Waals surface area contributed by atoms with Crippen LogP contribution in [0.5, 0.6) is 11.5 Å². The molecule has 160 valence electrons. The summed E-state index contributed by atoms with van der Waals surface area (Å²) in [6.45, 7) is 2.93. The average molecular weight is 432 g/mol. The van der Waals surface area contributed by atoms with Crippen molar-refractivity contribution < 1.29 is 22.7 Å². The van der Waals surface area contributed by atoms with E-state index in [4.69, 9.17) is 10.5 Å². The van der Waals surface area contributed by atoms with Crippen molar-refractivity contribution in [3.8, 4) is 11.5 Å². The topological polar surface area (TPSA) is 110 Å². The fourth-order valence-electron chi connectivity index (χ4n) is 3.14. The quantitative estimate of drug-likeness (QED) is 0.709. The second-order valence-electron chi connectivity index (χ2n) is 7.28. The number of hydrogen-bond acceptors (Lipinski definition) is 6. The van der Waals surface area contributed by atoms with Crippen molar-refractivity contribution >= 4 is 21.7 Å². The van der Waals surface area contributed by atoms with Crippen LogP contribution >= 0.6 is 0 Å². The molecular weight excluding hydrogens is 406 g/mol. The van der Waals surface area contributed by atoms with Gasteiger partial charge in [0.2, 0.25) is 5.91 Å². The zero-order valence-corrected chi connectivity index (χ0v) is 17.6. The lowest BCUT2D eigenvalue weighted by Crippen LogP contribution is -2.49. The highest BCUT2D eigenvalue weighted by atomic mass is 32.2. The van der Waals surface area contributed by atoms with Gasteiger partial charge in [-0.15, -0.1) is 0 Å². The van der Waals surface area contributed by atoms with Crippen LogP contribution in [0.25, 0.3) is 0 Å². The molecule has 0 spiro atoms. The Bertz CT molecular complexity index is 996. The number of carbonyl (C=O) groups is 2. The van der Waals surface area contributed by atoms with Gasteiger partial charge in [-0.2, -0.15) is 0 Å². The van der Waals surface area contributed by atoms with Crippen molar-refractivity contribution in [2.75, 3.05) is 44.7 Å². The number of primary amides is 1. The summed E-state index contributed by atoms with van der Waals surface area (Å²) in [5, 5.41) is 0. The number of nitrogens with two attached hydrogens (primary N) is 1. The van der Waals surface area contributed by atoms with Crippen LogP contribution in [-0.2, 0) is 9.84 Å². The molecule has 3 rings (SSSR count). The van der Waals surface area contributed by atoms with Gasteiger partial charge in [-0.25, -0.2) is 8.42 Å². The van der Waals surface area contributed by atoms with Gasteiger partial charge in [0.25, 0.3) is 5.91 Å². The zero-order valence-electron chi connectivity index (χ0n) is 16.8. The summed E-state index contributed by atoms with van der Waals surface area (Å²) in [5.41, 5.74) is 6.19. The van der Waals surface area contributed by atoms with Crippen molar-refractivity contribution in [2.24, 2.45) is 5.73 Å². The van der Waals surface area contributed by atoms with E-state index in [2.05, 4.69) is 4.90 Å². The SMILES string of the molecule is CS(=O)(=O)CCN1CCN(C(=O)c2ccc(Oc3ccc(C(N)=O)cc3)cc2)CC1. The lowest BCUT2D eigenvalue weighted by molar-refractivity contribution is 0.0644. The van der Waals surface area contributed by atoms with Gasteiger partial charge in [0.05, 0.1) is 5.75 Å². The molecule has 0 aromatic heterocycles. The summed E-state index contributed by atoms with van der Waals surface area (Å²) < 4.78 is 28.3. The number of hydrogen-bond donors (Lipinski definition) is 1. The van der Waals surface area contributed by atoms with Crippen molar-refractivity contribution in [3.05, 3.63) is 59.7 Å². The maximum atomic E-state index is 12.7. The molecule has 0 aliphatic carbocycles. The van der Waals surface area contributed by atoms with Crippen LogP contribution in [-0.4, -0.2) is 74.8 Å². The second-order valence-corrected chi connectivity index (χ2v) is 9.54. The highest BCUT2D eigenvalue weighted by molar-refractivity contribution is 7.90. The lowest BCUT2D eigenvalue weighted by atomic mass is 10.1. The van der Waals surface area contributed by atoms with Crippen molar-refractivity contribution in [1.82, 2.24) is 9.80 Å². The number of sulfone groups is 1. The van der Waals surface area contributed by atoms with Crippen LogP contribution in [0.15, 0.2) is 48.5 Å². The van der Waals surface area contributed by atoms with E-state index in [1.54, 1.807) is 53.4 Å². The zero-order chi connectivity index (χ0) is 21.7. The van der Waals surface area contributed by atoms with E-state index >= 15 is 0 Å². The first-order chi connectivity index (χ1) is 14.2. The van der Waals surface area contributed by atoms with Gasteiger partial charge in [0.15, 0.2) is 0 Å². The molecule has 2 amide bonds. The number of nitrogens with zero attached hydrogens (tertiary/aromatic N) is 2. The molecule has 2 N–H and O–H groups in total. The summed E-state index contributed by atoms with van der Waals surface area (Å²) in [7, 11) is -2.98. The molecule has 30 heavy (non-hydrogen) atoms. The standard InChI is InChI=1S/C21H25N3O5S/c1-30(27,28)15-14-23-10-12-24(13-11-23)21(26)17-4-8-19(9-5-17)29-18-6-2-16(3-7-18)20(22)25/h2-9H,10-15H2,1H3,(H2,22,25). The Morgan fingerprint density at radius 1 is 0.900 bits per heavy atom. The number of ether oxygens (including phenoxy) is 1. The molecule has 0 saturated carbocycles. The molecule has 0 radical (unpaired) electrons.